The zero-order valence-electron chi connectivity index (χ0n) is 28.1. The van der Waals surface area contributed by atoms with Gasteiger partial charge in [-0.2, -0.15) is 20.1 Å². The average molecular weight is 667 g/mol. The van der Waals surface area contributed by atoms with Gasteiger partial charge in [0.25, 0.3) is 0 Å². The highest BCUT2D eigenvalue weighted by atomic mass is 16.8. The Balaban J connectivity index is 0.926. The molecule has 0 aliphatic carbocycles. The summed E-state index contributed by atoms with van der Waals surface area (Å²) in [6.45, 7) is 8.59. The van der Waals surface area contributed by atoms with Gasteiger partial charge >= 0.3 is 5.69 Å². The van der Waals surface area contributed by atoms with Crippen LogP contribution in [0.2, 0.25) is 0 Å². The third kappa shape index (κ3) is 6.76. The smallest absolute Gasteiger partial charge is 0.350 e. The molecule has 0 saturated carbocycles. The van der Waals surface area contributed by atoms with Gasteiger partial charge in [-0.25, -0.2) is 14.0 Å². The van der Waals surface area contributed by atoms with Crippen LogP contribution in [0.1, 0.15) is 31.9 Å². The molecule has 49 heavy (non-hydrogen) atoms. The lowest BCUT2D eigenvalue weighted by Crippen LogP contribution is -2.46. The van der Waals surface area contributed by atoms with Crippen molar-refractivity contribution in [1.82, 2.24) is 29.3 Å². The van der Waals surface area contributed by atoms with Crippen molar-refractivity contribution in [3.8, 4) is 17.2 Å². The van der Waals surface area contributed by atoms with E-state index in [4.69, 9.17) is 18.9 Å². The van der Waals surface area contributed by atoms with Crippen LogP contribution in [0.25, 0.3) is 5.69 Å². The largest absolute Gasteiger partial charge is 0.496 e. The highest BCUT2D eigenvalue weighted by molar-refractivity contribution is 5.54. The lowest BCUT2D eigenvalue weighted by molar-refractivity contribution is -0.193. The van der Waals surface area contributed by atoms with Gasteiger partial charge in [0.2, 0.25) is 5.79 Å². The van der Waals surface area contributed by atoms with E-state index in [1.54, 1.807) is 39.9 Å². The number of hydrogen-bond acceptors (Lipinski definition) is 10. The third-order valence-electron chi connectivity index (χ3n) is 9.31. The van der Waals surface area contributed by atoms with E-state index in [0.29, 0.717) is 19.0 Å². The number of rotatable bonds is 12. The second-order valence-electron chi connectivity index (χ2n) is 12.3. The van der Waals surface area contributed by atoms with Crippen LogP contribution in [0, 0.1) is 0 Å². The number of para-hydroxylation sites is 1. The molecule has 2 aliphatic rings. The van der Waals surface area contributed by atoms with Crippen LogP contribution in [-0.2, 0) is 21.8 Å². The Hall–Kier alpha value is -5.14. The number of ether oxygens (including phenoxy) is 4. The molecule has 1 unspecified atom stereocenters. The van der Waals surface area contributed by atoms with E-state index in [9.17, 15) is 4.79 Å². The molecule has 2 aromatic heterocycles. The van der Waals surface area contributed by atoms with Crippen molar-refractivity contribution in [3.63, 3.8) is 0 Å². The van der Waals surface area contributed by atoms with E-state index < -0.39 is 5.79 Å². The summed E-state index contributed by atoms with van der Waals surface area (Å²) in [5, 5.41) is 12.8. The van der Waals surface area contributed by atoms with Gasteiger partial charge in [0.1, 0.15) is 37.1 Å². The van der Waals surface area contributed by atoms with Gasteiger partial charge in [-0.1, -0.05) is 19.1 Å². The molecule has 4 heterocycles. The van der Waals surface area contributed by atoms with Gasteiger partial charge < -0.3 is 28.7 Å². The van der Waals surface area contributed by atoms with Crippen LogP contribution in [-0.4, -0.2) is 81.9 Å². The van der Waals surface area contributed by atoms with Gasteiger partial charge in [-0.05, 0) is 74.0 Å². The monoisotopic (exact) mass is 666 g/mol. The highest BCUT2D eigenvalue weighted by Gasteiger charge is 2.46. The molecular formula is C36H42N8O5. The van der Waals surface area contributed by atoms with Crippen LogP contribution < -0.4 is 25.0 Å². The lowest BCUT2D eigenvalue weighted by atomic mass is 10.0. The standard InChI is InChI=1S/C36H42N8O5/c1-4-27(2)44-35(45)42(26-39-44)30-11-9-28(10-12-30)40-19-21-41(22-20-40)29-13-15-31(16-14-29)47-23-32-24-48-36(49-32,25-43-37-17-18-38-43)33-7-5-6-8-34(33)46-3/h5-18,26-27,32H,4,19-25H2,1-3H3/t27?,32-,36-/m1/s1. The number of hydrogen-bond donors (Lipinski definition) is 0. The predicted molar refractivity (Wildman–Crippen MR) is 185 cm³/mol. The summed E-state index contributed by atoms with van der Waals surface area (Å²) >= 11 is 0. The van der Waals surface area contributed by atoms with Gasteiger partial charge in [-0.3, -0.25) is 0 Å². The minimum absolute atomic E-state index is 0.0679. The minimum Gasteiger partial charge on any atom is -0.496 e. The van der Waals surface area contributed by atoms with Gasteiger partial charge in [0, 0.05) is 37.6 Å². The van der Waals surface area contributed by atoms with E-state index in [-0.39, 0.29) is 24.4 Å². The van der Waals surface area contributed by atoms with Crippen molar-refractivity contribution in [3.05, 3.63) is 108 Å². The van der Waals surface area contributed by atoms with Crippen LogP contribution in [0.3, 0.4) is 0 Å². The van der Waals surface area contributed by atoms with Gasteiger partial charge in [0.15, 0.2) is 0 Å². The van der Waals surface area contributed by atoms with Crippen molar-refractivity contribution < 1.29 is 18.9 Å². The first-order valence-corrected chi connectivity index (χ1v) is 16.7. The predicted octanol–water partition coefficient (Wildman–Crippen LogP) is 4.28. The minimum atomic E-state index is -1.11. The molecule has 7 rings (SSSR count). The topological polar surface area (TPSA) is 114 Å². The first-order chi connectivity index (χ1) is 24.0. The van der Waals surface area contributed by atoms with Crippen LogP contribution in [0.15, 0.2) is 96.3 Å². The van der Waals surface area contributed by atoms with E-state index >= 15 is 0 Å². The first-order valence-electron chi connectivity index (χ1n) is 16.7. The number of benzene rings is 3. The molecule has 0 radical (unpaired) electrons. The number of nitrogens with zero attached hydrogens (tertiary/aromatic N) is 8. The molecule has 3 aromatic carbocycles. The summed E-state index contributed by atoms with van der Waals surface area (Å²) in [7, 11) is 1.63. The van der Waals surface area contributed by atoms with Crippen molar-refractivity contribution >= 4 is 11.4 Å². The molecule has 2 saturated heterocycles. The molecular weight excluding hydrogens is 624 g/mol. The zero-order chi connectivity index (χ0) is 33.8. The number of methoxy groups -OCH3 is 1. The molecule has 0 spiro atoms. The molecule has 0 N–H and O–H groups in total. The maximum atomic E-state index is 12.8. The van der Waals surface area contributed by atoms with E-state index in [1.165, 1.54) is 0 Å². The second-order valence-corrected chi connectivity index (χ2v) is 12.3. The third-order valence-corrected chi connectivity index (χ3v) is 9.31. The Labute approximate surface area is 285 Å². The quantitative estimate of drug-likeness (QED) is 0.191. The molecule has 13 nitrogen and oxygen atoms in total. The van der Waals surface area contributed by atoms with Crippen molar-refractivity contribution in [1.29, 1.82) is 0 Å². The fourth-order valence-electron chi connectivity index (χ4n) is 6.38. The summed E-state index contributed by atoms with van der Waals surface area (Å²) < 4.78 is 27.8. The summed E-state index contributed by atoms with van der Waals surface area (Å²) in [5.74, 6) is 0.332. The Morgan fingerprint density at radius 3 is 2.16 bits per heavy atom. The van der Waals surface area contributed by atoms with Crippen molar-refractivity contribution in [2.75, 3.05) is 56.3 Å². The van der Waals surface area contributed by atoms with Crippen molar-refractivity contribution in [2.24, 2.45) is 0 Å². The van der Waals surface area contributed by atoms with Crippen molar-refractivity contribution in [2.45, 2.75) is 44.7 Å². The molecule has 256 valence electrons. The summed E-state index contributed by atoms with van der Waals surface area (Å²) in [6, 6.07) is 24.1. The fraction of sp³-hybridized carbons (Fsp3) is 0.389. The number of aromatic nitrogens is 6. The molecule has 3 atom stereocenters. The number of piperazine rings is 1. The SMILES string of the molecule is CCC(C)n1ncn(-c2ccc(N3CCN(c4ccc(OC[C@@H]5CO[C@@](Cn6nccn6)(c6ccccc6OC)O5)cc4)CC3)cc2)c1=O. The molecule has 2 fully saturated rings. The molecule has 2 aliphatic heterocycles. The fourth-order valence-corrected chi connectivity index (χ4v) is 6.38. The zero-order valence-corrected chi connectivity index (χ0v) is 28.1. The van der Waals surface area contributed by atoms with Crippen LogP contribution in [0.5, 0.6) is 11.5 Å². The molecule has 0 bridgehead atoms. The molecule has 0 amide bonds. The normalized spacial score (nSPS) is 20.0. The summed E-state index contributed by atoms with van der Waals surface area (Å²) in [6.07, 6.45) is 5.41. The number of anilines is 2. The first kappa shape index (κ1) is 32.4. The maximum absolute atomic E-state index is 12.8. The Bertz CT molecular complexity index is 1870. The lowest BCUT2D eigenvalue weighted by Gasteiger charge is -2.37. The second kappa shape index (κ2) is 14.1. The van der Waals surface area contributed by atoms with Gasteiger partial charge in [-0.15, -0.1) is 0 Å². The molecule has 13 heteroatoms. The Morgan fingerprint density at radius 2 is 1.51 bits per heavy atom. The van der Waals surface area contributed by atoms with Crippen LogP contribution >= 0.6 is 0 Å². The summed E-state index contributed by atoms with van der Waals surface area (Å²) in [5.41, 5.74) is 3.78. The Morgan fingerprint density at radius 1 is 0.878 bits per heavy atom. The maximum Gasteiger partial charge on any atom is 0.350 e. The van der Waals surface area contributed by atoms with E-state index in [1.807, 2.05) is 55.5 Å². The summed E-state index contributed by atoms with van der Waals surface area (Å²) in [4.78, 5) is 19.1. The Kier molecular flexibility index (Phi) is 9.36. The highest BCUT2D eigenvalue weighted by Crippen LogP contribution is 2.40. The van der Waals surface area contributed by atoms with E-state index in [0.717, 1.165) is 61.0 Å². The average Bonchev–Trinajstić information content (AvgIpc) is 3.92. The van der Waals surface area contributed by atoms with Crippen LogP contribution in [0.4, 0.5) is 11.4 Å². The molecule has 5 aromatic rings. The van der Waals surface area contributed by atoms with Gasteiger partial charge in [0.05, 0.1) is 43.4 Å². The van der Waals surface area contributed by atoms with E-state index in [2.05, 4.69) is 56.3 Å².